The van der Waals surface area contributed by atoms with Crippen molar-refractivity contribution in [2.45, 2.75) is 103 Å². The average molecular weight is 548 g/mol. The molecule has 0 saturated carbocycles. The Hall–Kier alpha value is -1.02. The highest BCUT2D eigenvalue weighted by atomic mass is 31.2. The number of likely N-dealkylation sites (N-methyl/N-ethyl adjacent to an activating group) is 1. The summed E-state index contributed by atoms with van der Waals surface area (Å²) >= 11 is 0. The molecule has 0 bridgehead atoms. The Morgan fingerprint density at radius 1 is 0.865 bits per heavy atom. The zero-order valence-corrected chi connectivity index (χ0v) is 24.8. The number of phosphoric ester groups is 1. The van der Waals surface area contributed by atoms with Gasteiger partial charge in [0.05, 0.1) is 27.7 Å². The lowest BCUT2D eigenvalue weighted by Crippen LogP contribution is -2.37. The van der Waals surface area contributed by atoms with E-state index in [4.69, 9.17) is 9.26 Å². The average Bonchev–Trinajstić information content (AvgIpc) is 2.82. The molecule has 0 aliphatic heterocycles. The smallest absolute Gasteiger partial charge is 0.305 e. The summed E-state index contributed by atoms with van der Waals surface area (Å²) in [5.74, 6) is -0.433. The molecule has 0 aliphatic rings. The van der Waals surface area contributed by atoms with Crippen LogP contribution in [0, 0.1) is 0 Å². The van der Waals surface area contributed by atoms with Crippen LogP contribution >= 0.6 is 7.82 Å². The van der Waals surface area contributed by atoms with E-state index in [1.54, 1.807) is 0 Å². The zero-order chi connectivity index (χ0) is 27.8. The van der Waals surface area contributed by atoms with Crippen molar-refractivity contribution in [3.8, 4) is 0 Å². The maximum Gasteiger partial charge on any atom is 0.305 e. The molecule has 1 unspecified atom stereocenters. The molecule has 0 spiro atoms. The summed E-state index contributed by atoms with van der Waals surface area (Å²) in [6.07, 6.45) is 23.2. The second-order valence-electron chi connectivity index (χ2n) is 10.6. The van der Waals surface area contributed by atoms with Crippen LogP contribution in [0.25, 0.3) is 0 Å². The first-order valence-corrected chi connectivity index (χ1v) is 15.6. The Labute approximate surface area is 226 Å². The second-order valence-corrected chi connectivity index (χ2v) is 12.0. The fraction of sp³-hybridized carbons (Fsp3) is 0.821. The monoisotopic (exact) mass is 547 g/mol. The Morgan fingerprint density at radius 3 is 2.03 bits per heavy atom. The van der Waals surface area contributed by atoms with Crippen molar-refractivity contribution in [3.05, 3.63) is 24.3 Å². The maximum atomic E-state index is 11.8. The number of carbonyl (C=O) groups is 1. The summed E-state index contributed by atoms with van der Waals surface area (Å²) in [7, 11) is 1.23. The fourth-order valence-corrected chi connectivity index (χ4v) is 4.13. The molecule has 0 aliphatic carbocycles. The molecular weight excluding hydrogens is 493 g/mol. The zero-order valence-electron chi connectivity index (χ0n) is 23.9. The molecule has 8 nitrogen and oxygen atoms in total. The standard InChI is InChI=1S/C28H54NO7P/c1-5-6-7-8-9-10-11-12-13-14-15-16-17-18-19-20-21-22-28(31)34-25-27(30)26-36-37(32,33)35-24-23-29(2,3)4/h15-16,18-19,27,30H,5-14,17,20-26H2,1-4H3/b16-15+,19-18+/t27-/m1/s1. The van der Waals surface area contributed by atoms with Crippen molar-refractivity contribution in [2.24, 2.45) is 0 Å². The number of carbonyl (C=O) groups excluding carboxylic acids is 1. The summed E-state index contributed by atoms with van der Waals surface area (Å²) in [5.41, 5.74) is 0. The topological polar surface area (TPSA) is 105 Å². The van der Waals surface area contributed by atoms with Crippen molar-refractivity contribution in [1.82, 2.24) is 0 Å². The highest BCUT2D eigenvalue weighted by Crippen LogP contribution is 2.38. The predicted molar refractivity (Wildman–Crippen MR) is 148 cm³/mol. The number of allylic oxidation sites excluding steroid dienone is 4. The molecule has 1 N–H and O–H groups in total. The van der Waals surface area contributed by atoms with Crippen LogP contribution < -0.4 is 4.89 Å². The Kier molecular flexibility index (Phi) is 22.3. The van der Waals surface area contributed by atoms with Crippen LogP contribution in [-0.4, -0.2) is 69.2 Å². The van der Waals surface area contributed by atoms with E-state index in [1.165, 1.54) is 57.8 Å². The molecule has 0 saturated heterocycles. The molecule has 9 heteroatoms. The van der Waals surface area contributed by atoms with E-state index in [1.807, 2.05) is 21.1 Å². The van der Waals surface area contributed by atoms with Crippen LogP contribution in [0.2, 0.25) is 0 Å². The van der Waals surface area contributed by atoms with Gasteiger partial charge in [-0.05, 0) is 32.1 Å². The van der Waals surface area contributed by atoms with E-state index in [9.17, 15) is 19.4 Å². The van der Waals surface area contributed by atoms with Gasteiger partial charge in [0.2, 0.25) is 0 Å². The highest BCUT2D eigenvalue weighted by molar-refractivity contribution is 7.45. The predicted octanol–water partition coefficient (Wildman–Crippen LogP) is 5.69. The minimum atomic E-state index is -4.50. The van der Waals surface area contributed by atoms with E-state index in [0.29, 0.717) is 17.4 Å². The number of rotatable bonds is 25. The van der Waals surface area contributed by atoms with Crippen molar-refractivity contribution in [1.29, 1.82) is 0 Å². The van der Waals surface area contributed by atoms with E-state index < -0.39 is 26.5 Å². The molecule has 0 heterocycles. The van der Waals surface area contributed by atoms with E-state index in [0.717, 1.165) is 19.3 Å². The number of ether oxygens (including phenoxy) is 1. The molecule has 0 amide bonds. The second kappa shape index (κ2) is 22.9. The number of nitrogens with zero attached hydrogens (tertiary/aromatic N) is 1. The number of hydrogen-bond acceptors (Lipinski definition) is 7. The van der Waals surface area contributed by atoms with Gasteiger partial charge < -0.3 is 28.3 Å². The van der Waals surface area contributed by atoms with Crippen LogP contribution in [0.3, 0.4) is 0 Å². The summed E-state index contributed by atoms with van der Waals surface area (Å²) in [4.78, 5) is 23.5. The molecule has 0 fully saturated rings. The lowest BCUT2D eigenvalue weighted by molar-refractivity contribution is -0.870. The Morgan fingerprint density at radius 2 is 1.43 bits per heavy atom. The molecular formula is C28H54NO7P. The van der Waals surface area contributed by atoms with Gasteiger partial charge in [-0.15, -0.1) is 0 Å². The van der Waals surface area contributed by atoms with Crippen LogP contribution in [0.4, 0.5) is 0 Å². The van der Waals surface area contributed by atoms with Gasteiger partial charge in [-0.3, -0.25) is 9.36 Å². The number of unbranched alkanes of at least 4 members (excludes halogenated alkanes) is 10. The van der Waals surface area contributed by atoms with Crippen molar-refractivity contribution < 1.29 is 37.6 Å². The fourth-order valence-electron chi connectivity index (χ4n) is 3.39. The molecule has 0 rings (SSSR count). The minimum Gasteiger partial charge on any atom is -0.756 e. The minimum absolute atomic E-state index is 0.0144. The summed E-state index contributed by atoms with van der Waals surface area (Å²) in [5, 5.41) is 9.80. The largest absolute Gasteiger partial charge is 0.756 e. The van der Waals surface area contributed by atoms with Gasteiger partial charge in [-0.25, -0.2) is 0 Å². The van der Waals surface area contributed by atoms with E-state index >= 15 is 0 Å². The SMILES string of the molecule is CCCCCCCCCCC/C=C/C/C=C/CCCC(=O)OC[C@@H](O)COP(=O)([O-])OCC[N+](C)(C)C. The summed E-state index contributed by atoms with van der Waals surface area (Å²) in [6, 6.07) is 0. The third-order valence-electron chi connectivity index (χ3n) is 5.70. The van der Waals surface area contributed by atoms with Crippen molar-refractivity contribution in [3.63, 3.8) is 0 Å². The maximum absolute atomic E-state index is 11.8. The molecule has 0 aromatic heterocycles. The lowest BCUT2D eigenvalue weighted by atomic mass is 10.1. The van der Waals surface area contributed by atoms with E-state index in [2.05, 4.69) is 35.8 Å². The first-order chi connectivity index (χ1) is 17.6. The lowest BCUT2D eigenvalue weighted by Gasteiger charge is -2.27. The van der Waals surface area contributed by atoms with Crippen LogP contribution in [0.15, 0.2) is 24.3 Å². The number of aliphatic hydroxyl groups is 1. The quantitative estimate of drug-likeness (QED) is 0.0514. The van der Waals surface area contributed by atoms with Gasteiger partial charge in [0.15, 0.2) is 0 Å². The van der Waals surface area contributed by atoms with Gasteiger partial charge in [-0.1, -0.05) is 82.6 Å². The normalized spacial score (nSPS) is 14.9. The molecule has 37 heavy (non-hydrogen) atoms. The number of quaternary nitrogens is 1. The van der Waals surface area contributed by atoms with Crippen molar-refractivity contribution >= 4 is 13.8 Å². The van der Waals surface area contributed by atoms with Crippen LogP contribution in [-0.2, 0) is 23.1 Å². The van der Waals surface area contributed by atoms with Gasteiger partial charge in [0, 0.05) is 6.42 Å². The Bertz CT molecular complexity index is 661. The van der Waals surface area contributed by atoms with Gasteiger partial charge in [0.25, 0.3) is 7.82 Å². The third-order valence-corrected chi connectivity index (χ3v) is 6.67. The van der Waals surface area contributed by atoms with Crippen LogP contribution in [0.1, 0.15) is 96.8 Å². The van der Waals surface area contributed by atoms with Gasteiger partial charge >= 0.3 is 5.97 Å². The molecule has 0 aromatic carbocycles. The first-order valence-electron chi connectivity index (χ1n) is 14.1. The van der Waals surface area contributed by atoms with Gasteiger partial charge in [0.1, 0.15) is 25.9 Å². The molecule has 218 valence electrons. The molecule has 0 aromatic rings. The van der Waals surface area contributed by atoms with Gasteiger partial charge in [-0.2, -0.15) is 0 Å². The Balaban J connectivity index is 3.65. The number of aliphatic hydroxyl groups excluding tert-OH is 1. The molecule has 0 radical (unpaired) electrons. The summed E-state index contributed by atoms with van der Waals surface area (Å²) in [6.45, 7) is 1.88. The van der Waals surface area contributed by atoms with Crippen LogP contribution in [0.5, 0.6) is 0 Å². The first kappa shape index (κ1) is 36.0. The van der Waals surface area contributed by atoms with Crippen molar-refractivity contribution in [2.75, 3.05) is 47.5 Å². The number of phosphoric acid groups is 1. The number of esters is 1. The third kappa shape index (κ3) is 27.8. The number of hydrogen-bond donors (Lipinski definition) is 1. The highest BCUT2D eigenvalue weighted by Gasteiger charge is 2.16. The summed E-state index contributed by atoms with van der Waals surface area (Å²) < 4.78 is 26.6. The molecule has 2 atom stereocenters. The van der Waals surface area contributed by atoms with E-state index in [-0.39, 0.29) is 19.6 Å².